The van der Waals surface area contributed by atoms with E-state index < -0.39 is 49.2 Å². The van der Waals surface area contributed by atoms with Crippen LogP contribution >= 0.6 is 0 Å². The Hall–Kier alpha value is -1.59. The number of likely N-dealkylation sites (N-methyl/N-ethyl adjacent to an activating group) is 1. The minimum Gasteiger partial charge on any atom is -0.306 e. The van der Waals surface area contributed by atoms with Crippen molar-refractivity contribution in [1.82, 2.24) is 4.90 Å². The number of allylic oxidation sites excluding steroid dienone is 4. The van der Waals surface area contributed by atoms with Crippen LogP contribution < -0.4 is 0 Å². The molecule has 0 radical (unpaired) electrons. The molecule has 0 aromatic heterocycles. The quantitative estimate of drug-likeness (QED) is 0.207. The number of sulfone groups is 5. The first kappa shape index (κ1) is 56.8. The van der Waals surface area contributed by atoms with Crippen molar-refractivity contribution >= 4 is 49.2 Å². The molecule has 0 rings (SSSR count). The van der Waals surface area contributed by atoms with Crippen molar-refractivity contribution in [3.8, 4) is 0 Å². The first-order valence-corrected chi connectivity index (χ1v) is 23.7. The molecule has 0 bridgehead atoms. The van der Waals surface area contributed by atoms with Crippen molar-refractivity contribution in [1.29, 1.82) is 0 Å². The second kappa shape index (κ2) is 26.2. The highest BCUT2D eigenvalue weighted by Crippen LogP contribution is 2.11. The van der Waals surface area contributed by atoms with Gasteiger partial charge < -0.3 is 4.90 Å². The fourth-order valence-electron chi connectivity index (χ4n) is 2.09. The highest BCUT2D eigenvalue weighted by molar-refractivity contribution is 7.96. The summed E-state index contributed by atoms with van der Waals surface area (Å²) in [5.41, 5.74) is 0.828. The fourth-order valence-corrected chi connectivity index (χ4v) is 5.83. The molecule has 0 N–H and O–H groups in total. The van der Waals surface area contributed by atoms with Gasteiger partial charge in [0.15, 0.2) is 49.2 Å². The molecular weight excluding hydrogens is 731 g/mol. The first-order chi connectivity index (χ1) is 21.7. The van der Waals surface area contributed by atoms with Gasteiger partial charge in [-0.1, -0.05) is 30.4 Å². The molecule has 0 aliphatic rings. The molecule has 0 aromatic carbocycles. The van der Waals surface area contributed by atoms with E-state index in [0.717, 1.165) is 11.0 Å². The van der Waals surface area contributed by atoms with E-state index >= 15 is 0 Å². The van der Waals surface area contributed by atoms with Crippen LogP contribution in [0.2, 0.25) is 0 Å². The van der Waals surface area contributed by atoms with Crippen LogP contribution in [0.15, 0.2) is 56.9 Å². The average Bonchev–Trinajstić information content (AvgIpc) is 2.92. The van der Waals surface area contributed by atoms with Crippen LogP contribution in [0.3, 0.4) is 0 Å². The van der Waals surface area contributed by atoms with Crippen LogP contribution in [0, 0.1) is 0 Å². The molecule has 0 aliphatic heterocycles. The Morgan fingerprint density at radius 1 is 0.571 bits per heavy atom. The lowest BCUT2D eigenvalue weighted by Crippen LogP contribution is -2.14. The predicted molar refractivity (Wildman–Crippen MR) is 212 cm³/mol. The summed E-state index contributed by atoms with van der Waals surface area (Å²) in [4.78, 5) is 2.37. The maximum Gasteiger partial charge on any atom is 0.176 e. The van der Waals surface area contributed by atoms with Gasteiger partial charge in [-0.25, -0.2) is 42.1 Å². The maximum atomic E-state index is 11.2. The Morgan fingerprint density at radius 3 is 1.06 bits per heavy atom. The smallest absolute Gasteiger partial charge is 0.176 e. The second-order valence-corrected chi connectivity index (χ2v) is 24.8. The SMILES string of the molecule is C/C=C(\C)S(=O)(=O)C(C)C.C/C=C/S(=O)(=O)C(C)C.C=CS(=O)(=O)C(C)C.CC(C)=CS(=O)(=O)C(C)C.CC(C)S(=O)(=O)/C=C/CN(C)C. The van der Waals surface area contributed by atoms with Gasteiger partial charge in [0.05, 0.1) is 26.2 Å². The van der Waals surface area contributed by atoms with Crippen molar-refractivity contribution in [2.75, 3.05) is 20.6 Å². The average molecular weight is 798 g/mol. The van der Waals surface area contributed by atoms with E-state index in [1.165, 1.54) is 22.3 Å². The molecule has 294 valence electrons. The van der Waals surface area contributed by atoms with Crippen molar-refractivity contribution in [3.05, 3.63) is 56.9 Å². The Morgan fingerprint density at radius 2 is 0.918 bits per heavy atom. The zero-order valence-corrected chi connectivity index (χ0v) is 37.0. The largest absolute Gasteiger partial charge is 0.306 e. The molecule has 11 nitrogen and oxygen atoms in total. The van der Waals surface area contributed by atoms with Crippen LogP contribution in [-0.2, 0) is 49.2 Å². The molecule has 0 aliphatic carbocycles. The minimum absolute atomic E-state index is 0.298. The van der Waals surface area contributed by atoms with Crippen LogP contribution in [0.25, 0.3) is 0 Å². The zero-order valence-electron chi connectivity index (χ0n) is 32.9. The van der Waals surface area contributed by atoms with E-state index in [-0.39, 0.29) is 26.2 Å². The lowest BCUT2D eigenvalue weighted by atomic mass is 10.4. The number of hydrogen-bond acceptors (Lipinski definition) is 11. The van der Waals surface area contributed by atoms with E-state index in [1.807, 2.05) is 19.0 Å². The van der Waals surface area contributed by atoms with E-state index in [9.17, 15) is 42.1 Å². The summed E-state index contributed by atoms with van der Waals surface area (Å²) in [5.74, 6) is 0. The summed E-state index contributed by atoms with van der Waals surface area (Å²) in [6, 6.07) is 0. The van der Waals surface area contributed by atoms with Gasteiger partial charge in [0.1, 0.15) is 0 Å². The molecular formula is C33H67NO10S5. The van der Waals surface area contributed by atoms with Crippen LogP contribution in [0.1, 0.15) is 104 Å². The van der Waals surface area contributed by atoms with E-state index in [0.29, 0.717) is 11.4 Å². The Kier molecular flexibility index (Phi) is 30.4. The van der Waals surface area contributed by atoms with Gasteiger partial charge in [-0.2, -0.15) is 0 Å². The molecule has 0 aromatic rings. The fraction of sp³-hybridized carbons (Fsp3) is 0.697. The van der Waals surface area contributed by atoms with Gasteiger partial charge in [-0.05, 0) is 118 Å². The van der Waals surface area contributed by atoms with E-state index in [1.54, 1.807) is 116 Å². The van der Waals surface area contributed by atoms with Gasteiger partial charge in [-0.3, -0.25) is 0 Å². The Labute approximate surface area is 302 Å². The van der Waals surface area contributed by atoms with E-state index in [2.05, 4.69) is 6.58 Å². The molecule has 0 heterocycles. The summed E-state index contributed by atoms with van der Waals surface area (Å²) >= 11 is 0. The monoisotopic (exact) mass is 797 g/mol. The normalized spacial score (nSPS) is 13.0. The number of nitrogens with zero attached hydrogens (tertiary/aromatic N) is 1. The third-order valence-electron chi connectivity index (χ3n) is 5.82. The van der Waals surface area contributed by atoms with Crippen LogP contribution in [0.5, 0.6) is 0 Å². The summed E-state index contributed by atoms with van der Waals surface area (Å²) in [6.07, 6.45) is 4.82. The topological polar surface area (TPSA) is 174 Å². The molecule has 0 saturated carbocycles. The standard InChI is InChI=1S/C8H17NO2S.2C7H14O2S.C6H12O2S.C5H10O2S/c1-8(2)12(10,11)7-5-6-9(3)4;1-6(2)5-10(8,9)7(3)4;1-5-7(4)10(8,9)6(2)3;1-4-5-9(7,8)6(2)3;1-4-8(6,7)5(2)3/h5,7-8H,6H2,1-4H3;5,7H,1-4H3;5-6H,1-4H3;4-6H,1-3H3;4-5H,1H2,2-3H3/b7-5+;;7-5+;5-4+;. The summed E-state index contributed by atoms with van der Waals surface area (Å²) in [6.45, 7) is 29.1. The maximum absolute atomic E-state index is 11.2. The molecule has 0 saturated heterocycles. The second-order valence-electron chi connectivity index (χ2n) is 12.5. The third-order valence-corrected chi connectivity index (χ3v) is 15.9. The Bertz CT molecular complexity index is 1600. The van der Waals surface area contributed by atoms with Gasteiger partial charge in [-0.15, -0.1) is 0 Å². The van der Waals surface area contributed by atoms with Crippen molar-refractivity contribution in [3.63, 3.8) is 0 Å². The third kappa shape index (κ3) is 29.8. The summed E-state index contributed by atoms with van der Waals surface area (Å²) < 4.78 is 110. The van der Waals surface area contributed by atoms with Crippen molar-refractivity contribution < 1.29 is 42.1 Å². The van der Waals surface area contributed by atoms with Gasteiger partial charge in [0.25, 0.3) is 0 Å². The minimum atomic E-state index is -3.00. The zero-order chi connectivity index (χ0) is 40.8. The molecule has 0 unspecified atom stereocenters. The predicted octanol–water partition coefficient (Wildman–Crippen LogP) is 6.65. The highest BCUT2D eigenvalue weighted by Gasteiger charge is 2.17. The van der Waals surface area contributed by atoms with Gasteiger partial charge >= 0.3 is 0 Å². The highest BCUT2D eigenvalue weighted by atomic mass is 32.2. The molecule has 16 heteroatoms. The molecule has 0 spiro atoms. The van der Waals surface area contributed by atoms with Gasteiger partial charge in [0.2, 0.25) is 0 Å². The van der Waals surface area contributed by atoms with Crippen LogP contribution in [0.4, 0.5) is 0 Å². The lowest BCUT2D eigenvalue weighted by molar-refractivity contribution is 0.456. The van der Waals surface area contributed by atoms with Crippen molar-refractivity contribution in [2.24, 2.45) is 0 Å². The van der Waals surface area contributed by atoms with Crippen molar-refractivity contribution in [2.45, 2.75) is 130 Å². The molecule has 0 atom stereocenters. The Balaban J connectivity index is -0.000000166. The van der Waals surface area contributed by atoms with E-state index in [4.69, 9.17) is 0 Å². The first-order valence-electron chi connectivity index (χ1n) is 15.7. The number of rotatable bonds is 12. The molecule has 0 fully saturated rings. The molecule has 0 amide bonds. The number of hydrogen-bond donors (Lipinski definition) is 0. The lowest BCUT2D eigenvalue weighted by Gasteiger charge is -2.05. The van der Waals surface area contributed by atoms with Gasteiger partial charge in [0, 0.05) is 33.1 Å². The van der Waals surface area contributed by atoms with Crippen LogP contribution in [-0.4, -0.2) is 93.9 Å². The summed E-state index contributed by atoms with van der Waals surface area (Å²) in [7, 11) is -11.0. The molecule has 49 heavy (non-hydrogen) atoms. The summed E-state index contributed by atoms with van der Waals surface area (Å²) in [5, 5.41) is 3.26.